The van der Waals surface area contributed by atoms with E-state index in [1.54, 1.807) is 11.3 Å². The summed E-state index contributed by atoms with van der Waals surface area (Å²) in [7, 11) is -3.27. The molecule has 28 heavy (non-hydrogen) atoms. The van der Waals surface area contributed by atoms with Crippen LogP contribution in [0.4, 0.5) is 5.69 Å². The van der Waals surface area contributed by atoms with E-state index in [4.69, 9.17) is 0 Å². The molecule has 3 aromatic rings. The number of thiazole rings is 1. The number of anilines is 1. The highest BCUT2D eigenvalue weighted by molar-refractivity contribution is 7.88. The number of hydrogen-bond donors (Lipinski definition) is 1. The number of nitrogens with zero attached hydrogens (tertiary/aromatic N) is 2. The summed E-state index contributed by atoms with van der Waals surface area (Å²) in [6.45, 7) is 0.720. The van der Waals surface area contributed by atoms with Crippen LogP contribution in [0.25, 0.3) is 20.8 Å². The van der Waals surface area contributed by atoms with E-state index in [0.29, 0.717) is 25.1 Å². The van der Waals surface area contributed by atoms with E-state index in [2.05, 4.69) is 10.3 Å². The third-order valence-electron chi connectivity index (χ3n) is 4.89. The van der Waals surface area contributed by atoms with Gasteiger partial charge in [0.15, 0.2) is 0 Å². The van der Waals surface area contributed by atoms with Gasteiger partial charge in [-0.05, 0) is 37.1 Å². The number of fused-ring (bicyclic) bond motifs is 1. The maximum atomic E-state index is 12.7. The number of amides is 1. The fourth-order valence-electron chi connectivity index (χ4n) is 3.43. The summed E-state index contributed by atoms with van der Waals surface area (Å²) < 4.78 is 26.1. The van der Waals surface area contributed by atoms with Gasteiger partial charge in [-0.1, -0.05) is 24.3 Å². The van der Waals surface area contributed by atoms with E-state index in [9.17, 15) is 13.2 Å². The summed E-state index contributed by atoms with van der Waals surface area (Å²) in [5.74, 6) is -0.482. The molecule has 1 N–H and O–H groups in total. The summed E-state index contributed by atoms with van der Waals surface area (Å²) in [5.41, 5.74) is 2.60. The first-order chi connectivity index (χ1) is 13.4. The Morgan fingerprint density at radius 3 is 2.82 bits per heavy atom. The number of aromatic nitrogens is 1. The lowest BCUT2D eigenvalue weighted by molar-refractivity contribution is -0.120. The van der Waals surface area contributed by atoms with Crippen molar-refractivity contribution in [3.63, 3.8) is 0 Å². The molecule has 2 aromatic carbocycles. The summed E-state index contributed by atoms with van der Waals surface area (Å²) in [4.78, 5) is 17.3. The second-order valence-electron chi connectivity index (χ2n) is 7.02. The first-order valence-corrected chi connectivity index (χ1v) is 11.8. The molecule has 1 saturated heterocycles. The standard InChI is InChI=1S/C20H21N3O3S2/c1-28(25,26)23-11-5-7-15(13-23)19(24)21-16-8-4-6-14(12-16)20-22-17-9-2-3-10-18(17)27-20/h2-4,6,8-10,12,15H,5,7,11,13H2,1H3,(H,21,24). The maximum Gasteiger partial charge on any atom is 0.228 e. The van der Waals surface area contributed by atoms with E-state index in [0.717, 1.165) is 20.8 Å². The fraction of sp³-hybridized carbons (Fsp3) is 0.300. The second kappa shape index (κ2) is 7.62. The molecule has 1 fully saturated rings. The molecule has 1 amide bonds. The zero-order valence-corrected chi connectivity index (χ0v) is 17.1. The molecule has 2 heterocycles. The average molecular weight is 416 g/mol. The van der Waals surface area contributed by atoms with Crippen molar-refractivity contribution in [1.82, 2.24) is 9.29 Å². The molecular weight excluding hydrogens is 394 g/mol. The maximum absolute atomic E-state index is 12.7. The number of carbonyl (C=O) groups excluding carboxylic acids is 1. The number of rotatable bonds is 4. The topological polar surface area (TPSA) is 79.4 Å². The normalized spacial score (nSPS) is 18.2. The van der Waals surface area contributed by atoms with Crippen LogP contribution in [0.15, 0.2) is 48.5 Å². The minimum Gasteiger partial charge on any atom is -0.326 e. The molecule has 1 unspecified atom stereocenters. The van der Waals surface area contributed by atoms with E-state index in [1.165, 1.54) is 10.6 Å². The van der Waals surface area contributed by atoms with Gasteiger partial charge < -0.3 is 5.32 Å². The molecular formula is C20H21N3O3S2. The van der Waals surface area contributed by atoms with E-state index < -0.39 is 10.0 Å². The Bertz CT molecular complexity index is 1090. The predicted molar refractivity (Wildman–Crippen MR) is 113 cm³/mol. The van der Waals surface area contributed by atoms with Crippen LogP contribution in [0.2, 0.25) is 0 Å². The number of hydrogen-bond acceptors (Lipinski definition) is 5. The quantitative estimate of drug-likeness (QED) is 0.706. The molecule has 0 radical (unpaired) electrons. The lowest BCUT2D eigenvalue weighted by Crippen LogP contribution is -2.43. The monoisotopic (exact) mass is 415 g/mol. The van der Waals surface area contributed by atoms with Gasteiger partial charge in [-0.3, -0.25) is 4.79 Å². The smallest absolute Gasteiger partial charge is 0.228 e. The van der Waals surface area contributed by atoms with Crippen molar-refractivity contribution in [2.24, 2.45) is 5.92 Å². The fourth-order valence-corrected chi connectivity index (χ4v) is 5.30. The molecule has 1 aliphatic heterocycles. The Morgan fingerprint density at radius 1 is 1.21 bits per heavy atom. The number of piperidine rings is 1. The van der Waals surface area contributed by atoms with Crippen molar-refractivity contribution in [2.45, 2.75) is 12.8 Å². The summed E-state index contributed by atoms with van der Waals surface area (Å²) in [6, 6.07) is 15.6. The van der Waals surface area contributed by atoms with Crippen LogP contribution in [0.5, 0.6) is 0 Å². The molecule has 4 rings (SSSR count). The minimum absolute atomic E-state index is 0.144. The summed E-state index contributed by atoms with van der Waals surface area (Å²) in [5, 5.41) is 3.85. The highest BCUT2D eigenvalue weighted by Gasteiger charge is 2.30. The van der Waals surface area contributed by atoms with Gasteiger partial charge in [-0.25, -0.2) is 17.7 Å². The van der Waals surface area contributed by atoms with Crippen molar-refractivity contribution in [3.8, 4) is 10.6 Å². The number of sulfonamides is 1. The van der Waals surface area contributed by atoms with Gasteiger partial charge in [0, 0.05) is 24.3 Å². The molecule has 0 spiro atoms. The Balaban J connectivity index is 1.51. The van der Waals surface area contributed by atoms with Gasteiger partial charge in [0.25, 0.3) is 0 Å². The van der Waals surface area contributed by atoms with Gasteiger partial charge in [0.2, 0.25) is 15.9 Å². The molecule has 0 aliphatic carbocycles. The zero-order valence-electron chi connectivity index (χ0n) is 15.5. The van der Waals surface area contributed by atoms with E-state index >= 15 is 0 Å². The first kappa shape index (κ1) is 19.0. The summed E-state index contributed by atoms with van der Waals surface area (Å²) >= 11 is 1.61. The number of benzene rings is 2. The number of nitrogens with one attached hydrogen (secondary N) is 1. The molecule has 8 heteroatoms. The van der Waals surface area contributed by atoms with Crippen LogP contribution >= 0.6 is 11.3 Å². The largest absolute Gasteiger partial charge is 0.326 e. The van der Waals surface area contributed by atoms with Crippen LogP contribution < -0.4 is 5.32 Å². The molecule has 6 nitrogen and oxygen atoms in total. The van der Waals surface area contributed by atoms with Crippen LogP contribution in [-0.4, -0.2) is 43.0 Å². The molecule has 1 aliphatic rings. The Kier molecular flexibility index (Phi) is 5.18. The van der Waals surface area contributed by atoms with Crippen molar-refractivity contribution in [3.05, 3.63) is 48.5 Å². The van der Waals surface area contributed by atoms with Crippen LogP contribution in [0, 0.1) is 5.92 Å². The number of carbonyl (C=O) groups is 1. The van der Waals surface area contributed by atoms with Gasteiger partial charge in [-0.15, -0.1) is 11.3 Å². The van der Waals surface area contributed by atoms with Crippen molar-refractivity contribution < 1.29 is 13.2 Å². The van der Waals surface area contributed by atoms with Gasteiger partial charge >= 0.3 is 0 Å². The molecule has 1 aromatic heterocycles. The highest BCUT2D eigenvalue weighted by atomic mass is 32.2. The minimum atomic E-state index is -3.27. The van der Waals surface area contributed by atoms with Gasteiger partial charge in [-0.2, -0.15) is 0 Å². The van der Waals surface area contributed by atoms with Crippen molar-refractivity contribution in [1.29, 1.82) is 0 Å². The third kappa shape index (κ3) is 4.09. The van der Waals surface area contributed by atoms with Crippen molar-refractivity contribution in [2.75, 3.05) is 24.7 Å². The van der Waals surface area contributed by atoms with Crippen molar-refractivity contribution >= 4 is 43.2 Å². The Hall–Kier alpha value is -2.29. The van der Waals surface area contributed by atoms with Gasteiger partial charge in [0.1, 0.15) is 5.01 Å². The molecule has 1 atom stereocenters. The van der Waals surface area contributed by atoms with Crippen LogP contribution in [0.1, 0.15) is 12.8 Å². The predicted octanol–water partition coefficient (Wildman–Crippen LogP) is 3.57. The van der Waals surface area contributed by atoms with E-state index in [1.807, 2.05) is 48.5 Å². The summed E-state index contributed by atoms with van der Waals surface area (Å²) in [6.07, 6.45) is 2.57. The van der Waals surface area contributed by atoms with E-state index in [-0.39, 0.29) is 18.4 Å². The van der Waals surface area contributed by atoms with Crippen LogP contribution in [0.3, 0.4) is 0 Å². The molecule has 146 valence electrons. The zero-order chi connectivity index (χ0) is 19.7. The Morgan fingerprint density at radius 2 is 2.04 bits per heavy atom. The van der Waals surface area contributed by atoms with Crippen LogP contribution in [-0.2, 0) is 14.8 Å². The third-order valence-corrected chi connectivity index (χ3v) is 7.25. The lowest BCUT2D eigenvalue weighted by atomic mass is 9.98. The molecule has 0 saturated carbocycles. The number of para-hydroxylation sites is 1. The first-order valence-electron chi connectivity index (χ1n) is 9.12. The second-order valence-corrected chi connectivity index (χ2v) is 10.0. The SMILES string of the molecule is CS(=O)(=O)N1CCCC(C(=O)Nc2cccc(-c3nc4ccccc4s3)c2)C1. The molecule has 0 bridgehead atoms. The highest BCUT2D eigenvalue weighted by Crippen LogP contribution is 2.31. The van der Waals surface area contributed by atoms with Gasteiger partial charge in [0.05, 0.1) is 22.4 Å². The average Bonchev–Trinajstić information content (AvgIpc) is 3.12. The Labute approximate surface area is 168 Å². The lowest BCUT2D eigenvalue weighted by Gasteiger charge is -2.30.